The van der Waals surface area contributed by atoms with Crippen molar-refractivity contribution in [3.8, 4) is 11.3 Å². The van der Waals surface area contributed by atoms with Crippen molar-refractivity contribution >= 4 is 17.6 Å². The average Bonchev–Trinajstić information content (AvgIpc) is 3.15. The Balaban J connectivity index is 1.38. The largest absolute Gasteiger partial charge is 0.353 e. The summed E-state index contributed by atoms with van der Waals surface area (Å²) in [5.41, 5.74) is 1.35. The zero-order valence-corrected chi connectivity index (χ0v) is 19.8. The number of aromatic nitrogens is 2. The molecule has 0 aliphatic carbocycles. The fourth-order valence-corrected chi connectivity index (χ4v) is 4.11. The van der Waals surface area contributed by atoms with Crippen molar-refractivity contribution < 1.29 is 18.4 Å². The van der Waals surface area contributed by atoms with Gasteiger partial charge in [0.15, 0.2) is 5.82 Å². The Morgan fingerprint density at radius 2 is 1.72 bits per heavy atom. The zero-order chi connectivity index (χ0) is 25.5. The van der Waals surface area contributed by atoms with Crippen LogP contribution in [0.1, 0.15) is 16.8 Å². The first kappa shape index (κ1) is 25.0. The molecule has 4 rings (SSSR count). The summed E-state index contributed by atoms with van der Waals surface area (Å²) >= 11 is 0. The Morgan fingerprint density at radius 3 is 2.42 bits per heavy atom. The summed E-state index contributed by atoms with van der Waals surface area (Å²) < 4.78 is 27.3. The molecule has 1 saturated heterocycles. The standard InChI is InChI=1S/C27H27F2N5O2/c1-2-14-34(27(36)22-6-3-4-7-23(22)29)19-26(35)33-16-5-15-32(17-18-33)25-13-12-24(30-31-25)20-8-10-21(28)11-9-20/h2-4,6-13H,1,5,14-19H2. The number of benzene rings is 2. The second kappa shape index (κ2) is 11.5. The molecule has 7 nitrogen and oxygen atoms in total. The molecule has 2 aromatic carbocycles. The summed E-state index contributed by atoms with van der Waals surface area (Å²) in [6.45, 7) is 5.87. The number of hydrogen-bond acceptors (Lipinski definition) is 5. The van der Waals surface area contributed by atoms with E-state index in [9.17, 15) is 18.4 Å². The number of rotatable bonds is 7. The summed E-state index contributed by atoms with van der Waals surface area (Å²) in [5.74, 6) is -0.995. The third kappa shape index (κ3) is 5.91. The van der Waals surface area contributed by atoms with Crippen molar-refractivity contribution in [2.45, 2.75) is 6.42 Å². The van der Waals surface area contributed by atoms with E-state index in [2.05, 4.69) is 21.7 Å². The molecule has 1 aliphatic rings. The van der Waals surface area contributed by atoms with Crippen molar-refractivity contribution in [2.75, 3.05) is 44.2 Å². The first-order valence-electron chi connectivity index (χ1n) is 11.7. The third-order valence-electron chi connectivity index (χ3n) is 6.03. The van der Waals surface area contributed by atoms with E-state index in [0.29, 0.717) is 37.7 Å². The van der Waals surface area contributed by atoms with Crippen LogP contribution in [-0.2, 0) is 4.79 Å². The van der Waals surface area contributed by atoms with Gasteiger partial charge in [0, 0.05) is 38.3 Å². The van der Waals surface area contributed by atoms with Crippen LogP contribution in [0.3, 0.4) is 0 Å². The van der Waals surface area contributed by atoms with Gasteiger partial charge in [-0.2, -0.15) is 0 Å². The molecular weight excluding hydrogens is 464 g/mol. The Hall–Kier alpha value is -4.14. The molecule has 36 heavy (non-hydrogen) atoms. The molecule has 0 saturated carbocycles. The maximum Gasteiger partial charge on any atom is 0.257 e. The third-order valence-corrected chi connectivity index (χ3v) is 6.03. The van der Waals surface area contributed by atoms with Gasteiger partial charge in [-0.1, -0.05) is 18.2 Å². The van der Waals surface area contributed by atoms with E-state index in [1.54, 1.807) is 23.1 Å². The lowest BCUT2D eigenvalue weighted by Crippen LogP contribution is -2.44. The number of amides is 2. The number of carbonyl (C=O) groups excluding carboxylic acids is 2. The first-order valence-corrected chi connectivity index (χ1v) is 11.7. The van der Waals surface area contributed by atoms with Gasteiger partial charge in [-0.25, -0.2) is 8.78 Å². The van der Waals surface area contributed by atoms with E-state index in [1.165, 1.54) is 41.3 Å². The van der Waals surface area contributed by atoms with Crippen molar-refractivity contribution in [1.82, 2.24) is 20.0 Å². The highest BCUT2D eigenvalue weighted by Gasteiger charge is 2.25. The molecule has 2 heterocycles. The summed E-state index contributed by atoms with van der Waals surface area (Å²) in [4.78, 5) is 31.0. The Labute approximate surface area is 208 Å². The molecule has 186 valence electrons. The smallest absolute Gasteiger partial charge is 0.257 e. The number of nitrogens with zero attached hydrogens (tertiary/aromatic N) is 5. The van der Waals surface area contributed by atoms with Crippen LogP contribution in [0.15, 0.2) is 73.3 Å². The van der Waals surface area contributed by atoms with Gasteiger partial charge in [-0.15, -0.1) is 16.8 Å². The van der Waals surface area contributed by atoms with Gasteiger partial charge in [0.1, 0.15) is 18.2 Å². The van der Waals surface area contributed by atoms with E-state index in [0.717, 1.165) is 12.0 Å². The van der Waals surface area contributed by atoms with E-state index >= 15 is 0 Å². The molecule has 0 N–H and O–H groups in total. The van der Waals surface area contributed by atoms with Crippen LogP contribution in [0.25, 0.3) is 11.3 Å². The van der Waals surface area contributed by atoms with Crippen LogP contribution in [0.2, 0.25) is 0 Å². The minimum absolute atomic E-state index is 0.0724. The zero-order valence-electron chi connectivity index (χ0n) is 19.8. The van der Waals surface area contributed by atoms with Gasteiger partial charge < -0.3 is 14.7 Å². The van der Waals surface area contributed by atoms with Gasteiger partial charge in [0.25, 0.3) is 5.91 Å². The molecule has 0 radical (unpaired) electrons. The lowest BCUT2D eigenvalue weighted by molar-refractivity contribution is -0.131. The van der Waals surface area contributed by atoms with Crippen molar-refractivity contribution in [1.29, 1.82) is 0 Å². The fraction of sp³-hybridized carbons (Fsp3) is 0.259. The first-order chi connectivity index (χ1) is 17.5. The second-order valence-electron chi connectivity index (χ2n) is 8.46. The maximum absolute atomic E-state index is 14.1. The molecule has 3 aromatic rings. The second-order valence-corrected chi connectivity index (χ2v) is 8.46. The van der Waals surface area contributed by atoms with E-state index in [-0.39, 0.29) is 30.4 Å². The Morgan fingerprint density at radius 1 is 0.944 bits per heavy atom. The number of carbonyl (C=O) groups is 2. The topological polar surface area (TPSA) is 69.6 Å². The van der Waals surface area contributed by atoms with Gasteiger partial charge >= 0.3 is 0 Å². The van der Waals surface area contributed by atoms with Crippen LogP contribution in [0, 0.1) is 11.6 Å². The molecular formula is C27H27F2N5O2. The highest BCUT2D eigenvalue weighted by molar-refractivity contribution is 5.96. The summed E-state index contributed by atoms with van der Waals surface area (Å²) in [6.07, 6.45) is 2.24. The summed E-state index contributed by atoms with van der Waals surface area (Å²) in [5, 5.41) is 8.60. The van der Waals surface area contributed by atoms with E-state index < -0.39 is 11.7 Å². The van der Waals surface area contributed by atoms with Gasteiger partial charge in [0.2, 0.25) is 5.91 Å². The number of hydrogen-bond donors (Lipinski definition) is 0. The highest BCUT2D eigenvalue weighted by Crippen LogP contribution is 2.20. The molecule has 0 unspecified atom stereocenters. The van der Waals surface area contributed by atoms with Crippen molar-refractivity contribution in [3.05, 3.63) is 90.5 Å². The molecule has 9 heteroatoms. The Kier molecular flexibility index (Phi) is 7.99. The molecule has 1 aromatic heterocycles. The molecule has 2 amide bonds. The van der Waals surface area contributed by atoms with Crippen LogP contribution in [-0.4, -0.2) is 71.1 Å². The molecule has 0 spiro atoms. The fourth-order valence-electron chi connectivity index (χ4n) is 4.11. The predicted octanol–water partition coefficient (Wildman–Crippen LogP) is 3.79. The van der Waals surface area contributed by atoms with Crippen molar-refractivity contribution in [3.63, 3.8) is 0 Å². The van der Waals surface area contributed by atoms with E-state index in [4.69, 9.17) is 0 Å². The minimum Gasteiger partial charge on any atom is -0.353 e. The summed E-state index contributed by atoms with van der Waals surface area (Å²) in [7, 11) is 0. The number of anilines is 1. The van der Waals surface area contributed by atoms with Crippen LogP contribution in [0.5, 0.6) is 0 Å². The quantitative estimate of drug-likeness (QED) is 0.471. The SMILES string of the molecule is C=CCN(CC(=O)N1CCCN(c2ccc(-c3ccc(F)cc3)nn2)CC1)C(=O)c1ccccc1F. The average molecular weight is 492 g/mol. The normalized spacial score (nSPS) is 13.7. The molecule has 1 fully saturated rings. The molecule has 0 atom stereocenters. The van der Waals surface area contributed by atoms with E-state index in [1.807, 2.05) is 12.1 Å². The molecule has 0 bridgehead atoms. The van der Waals surface area contributed by atoms with Crippen LogP contribution >= 0.6 is 0 Å². The van der Waals surface area contributed by atoms with Crippen LogP contribution < -0.4 is 4.90 Å². The lowest BCUT2D eigenvalue weighted by Gasteiger charge is -2.26. The maximum atomic E-state index is 14.1. The van der Waals surface area contributed by atoms with Crippen molar-refractivity contribution in [2.24, 2.45) is 0 Å². The van der Waals surface area contributed by atoms with Gasteiger partial charge in [-0.3, -0.25) is 9.59 Å². The minimum atomic E-state index is -0.624. The Bertz CT molecular complexity index is 1220. The molecule has 1 aliphatic heterocycles. The number of halogens is 2. The highest BCUT2D eigenvalue weighted by atomic mass is 19.1. The monoisotopic (exact) mass is 491 g/mol. The lowest BCUT2D eigenvalue weighted by atomic mass is 10.1. The predicted molar refractivity (Wildman–Crippen MR) is 133 cm³/mol. The summed E-state index contributed by atoms with van der Waals surface area (Å²) in [6, 6.07) is 15.5. The van der Waals surface area contributed by atoms with Crippen LogP contribution in [0.4, 0.5) is 14.6 Å². The van der Waals surface area contributed by atoms with Gasteiger partial charge in [-0.05, 0) is 55.0 Å². The van der Waals surface area contributed by atoms with Gasteiger partial charge in [0.05, 0.1) is 11.3 Å².